The lowest BCUT2D eigenvalue weighted by atomic mass is 9.80. The lowest BCUT2D eigenvalue weighted by Crippen LogP contribution is -2.28. The van der Waals surface area contributed by atoms with Crippen molar-refractivity contribution in [3.63, 3.8) is 0 Å². The number of rotatable bonds is 3. The van der Waals surface area contributed by atoms with Crippen molar-refractivity contribution in [1.29, 1.82) is 0 Å². The van der Waals surface area contributed by atoms with Crippen molar-refractivity contribution in [3.05, 3.63) is 16.1 Å². The van der Waals surface area contributed by atoms with Crippen molar-refractivity contribution in [2.75, 3.05) is 0 Å². The molecule has 1 unspecified atom stereocenters. The quantitative estimate of drug-likeness (QED) is 0.805. The number of aliphatic hydroxyl groups is 1. The van der Waals surface area contributed by atoms with Crippen LogP contribution in [0.2, 0.25) is 0 Å². The lowest BCUT2D eigenvalue weighted by Gasteiger charge is -2.29. The summed E-state index contributed by atoms with van der Waals surface area (Å²) in [6, 6.07) is 0. The van der Waals surface area contributed by atoms with Crippen LogP contribution in [0, 0.1) is 12.8 Å². The fourth-order valence-electron chi connectivity index (χ4n) is 1.71. The standard InChI is InChI=1S/C10H15NOS/c1-7-11-9(6-13-7)5-10(12)8-3-2-4-8/h6,8,10,12H,2-5H2,1H3. The van der Waals surface area contributed by atoms with E-state index in [1.54, 1.807) is 11.3 Å². The fraction of sp³-hybridized carbons (Fsp3) is 0.700. The minimum Gasteiger partial charge on any atom is -0.392 e. The maximum absolute atomic E-state index is 9.80. The van der Waals surface area contributed by atoms with Crippen molar-refractivity contribution >= 4 is 11.3 Å². The highest BCUT2D eigenvalue weighted by molar-refractivity contribution is 7.09. The summed E-state index contributed by atoms with van der Waals surface area (Å²) in [6.07, 6.45) is 4.27. The van der Waals surface area contributed by atoms with Gasteiger partial charge in [-0.1, -0.05) is 6.42 Å². The Balaban J connectivity index is 1.89. The van der Waals surface area contributed by atoms with E-state index in [1.807, 2.05) is 6.92 Å². The summed E-state index contributed by atoms with van der Waals surface area (Å²) in [5.74, 6) is 0.544. The van der Waals surface area contributed by atoms with Gasteiger partial charge < -0.3 is 5.11 Å². The number of aromatic nitrogens is 1. The normalized spacial score (nSPS) is 19.8. The third-order valence-electron chi connectivity index (χ3n) is 2.78. The van der Waals surface area contributed by atoms with Gasteiger partial charge >= 0.3 is 0 Å². The van der Waals surface area contributed by atoms with Crippen LogP contribution in [-0.2, 0) is 6.42 Å². The first-order chi connectivity index (χ1) is 6.25. The third-order valence-corrected chi connectivity index (χ3v) is 3.60. The minimum absolute atomic E-state index is 0.157. The number of aryl methyl sites for hydroxylation is 1. The highest BCUT2D eigenvalue weighted by Gasteiger charge is 2.25. The molecule has 1 saturated carbocycles. The molecule has 0 spiro atoms. The van der Waals surface area contributed by atoms with Crippen LogP contribution in [0.5, 0.6) is 0 Å². The SMILES string of the molecule is Cc1nc(CC(O)C2CCC2)cs1. The Bertz CT molecular complexity index is 280. The van der Waals surface area contributed by atoms with E-state index in [4.69, 9.17) is 0 Å². The van der Waals surface area contributed by atoms with Crippen molar-refractivity contribution < 1.29 is 5.11 Å². The molecule has 72 valence electrons. The molecule has 0 aliphatic heterocycles. The van der Waals surface area contributed by atoms with E-state index in [1.165, 1.54) is 19.3 Å². The zero-order valence-corrected chi connectivity index (χ0v) is 8.68. The first kappa shape index (κ1) is 9.16. The van der Waals surface area contributed by atoms with Gasteiger partial charge in [0.1, 0.15) is 0 Å². The minimum atomic E-state index is -0.157. The van der Waals surface area contributed by atoms with E-state index in [0.29, 0.717) is 5.92 Å². The molecule has 13 heavy (non-hydrogen) atoms. The van der Waals surface area contributed by atoms with E-state index in [0.717, 1.165) is 17.1 Å². The van der Waals surface area contributed by atoms with E-state index >= 15 is 0 Å². The predicted molar refractivity (Wildman–Crippen MR) is 53.9 cm³/mol. The Labute approximate surface area is 82.6 Å². The molecule has 2 rings (SSSR count). The van der Waals surface area contributed by atoms with Gasteiger partial charge in [-0.3, -0.25) is 0 Å². The second-order valence-corrected chi connectivity index (χ2v) is 4.88. The van der Waals surface area contributed by atoms with Gasteiger partial charge in [-0.25, -0.2) is 4.98 Å². The Morgan fingerprint density at radius 3 is 2.92 bits per heavy atom. The van der Waals surface area contributed by atoms with Crippen LogP contribution < -0.4 is 0 Å². The Morgan fingerprint density at radius 1 is 1.69 bits per heavy atom. The van der Waals surface area contributed by atoms with Gasteiger partial charge in [-0.05, 0) is 25.7 Å². The van der Waals surface area contributed by atoms with Crippen LogP contribution in [-0.4, -0.2) is 16.2 Å². The van der Waals surface area contributed by atoms with Crippen LogP contribution in [0.4, 0.5) is 0 Å². The fourth-order valence-corrected chi connectivity index (χ4v) is 2.33. The molecule has 1 aliphatic rings. The summed E-state index contributed by atoms with van der Waals surface area (Å²) in [4.78, 5) is 4.35. The predicted octanol–water partition coefficient (Wildman–Crippen LogP) is 2.16. The number of aliphatic hydroxyl groups excluding tert-OH is 1. The van der Waals surface area contributed by atoms with Crippen molar-refractivity contribution in [3.8, 4) is 0 Å². The molecule has 1 atom stereocenters. The molecular weight excluding hydrogens is 182 g/mol. The molecule has 2 nitrogen and oxygen atoms in total. The zero-order chi connectivity index (χ0) is 9.26. The van der Waals surface area contributed by atoms with Crippen molar-refractivity contribution in [2.24, 2.45) is 5.92 Å². The summed E-state index contributed by atoms with van der Waals surface area (Å²) in [5.41, 5.74) is 1.06. The third kappa shape index (κ3) is 2.09. The molecule has 0 saturated heterocycles. The summed E-state index contributed by atoms with van der Waals surface area (Å²) < 4.78 is 0. The van der Waals surface area contributed by atoms with Gasteiger partial charge in [-0.15, -0.1) is 11.3 Å². The van der Waals surface area contributed by atoms with E-state index in [-0.39, 0.29) is 6.10 Å². The van der Waals surface area contributed by atoms with Gasteiger partial charge in [0.15, 0.2) is 0 Å². The van der Waals surface area contributed by atoms with E-state index in [2.05, 4.69) is 10.4 Å². The second-order valence-electron chi connectivity index (χ2n) is 3.82. The summed E-state index contributed by atoms with van der Waals surface area (Å²) in [5, 5.41) is 12.9. The summed E-state index contributed by atoms with van der Waals surface area (Å²) >= 11 is 1.66. The Morgan fingerprint density at radius 2 is 2.46 bits per heavy atom. The first-order valence-corrected chi connectivity index (χ1v) is 5.73. The molecule has 0 aromatic carbocycles. The van der Waals surface area contributed by atoms with Crippen LogP contribution in [0.3, 0.4) is 0 Å². The van der Waals surface area contributed by atoms with Crippen LogP contribution in [0.1, 0.15) is 30.0 Å². The monoisotopic (exact) mass is 197 g/mol. The number of hydrogen-bond donors (Lipinski definition) is 1. The molecule has 0 bridgehead atoms. The average Bonchev–Trinajstić information content (AvgIpc) is 2.31. The first-order valence-electron chi connectivity index (χ1n) is 4.85. The molecular formula is C10H15NOS. The molecule has 1 aromatic heterocycles. The van der Waals surface area contributed by atoms with Crippen LogP contribution in [0.15, 0.2) is 5.38 Å². The van der Waals surface area contributed by atoms with Gasteiger partial charge in [0, 0.05) is 11.8 Å². The molecule has 1 N–H and O–H groups in total. The lowest BCUT2D eigenvalue weighted by molar-refractivity contribution is 0.0623. The maximum Gasteiger partial charge on any atom is 0.0897 e. The largest absolute Gasteiger partial charge is 0.392 e. The smallest absolute Gasteiger partial charge is 0.0897 e. The molecule has 1 fully saturated rings. The zero-order valence-electron chi connectivity index (χ0n) is 7.86. The van der Waals surface area contributed by atoms with Crippen molar-refractivity contribution in [2.45, 2.75) is 38.7 Å². The molecule has 1 aromatic rings. The van der Waals surface area contributed by atoms with Crippen molar-refractivity contribution in [1.82, 2.24) is 4.98 Å². The summed E-state index contributed by atoms with van der Waals surface area (Å²) in [7, 11) is 0. The Kier molecular flexibility index (Phi) is 2.65. The van der Waals surface area contributed by atoms with Crippen LogP contribution in [0.25, 0.3) is 0 Å². The van der Waals surface area contributed by atoms with Gasteiger partial charge in [0.2, 0.25) is 0 Å². The highest BCUT2D eigenvalue weighted by Crippen LogP contribution is 2.31. The number of nitrogens with zero attached hydrogens (tertiary/aromatic N) is 1. The Hall–Kier alpha value is -0.410. The number of hydrogen-bond acceptors (Lipinski definition) is 3. The summed E-state index contributed by atoms with van der Waals surface area (Å²) in [6.45, 7) is 2.00. The van der Waals surface area contributed by atoms with Gasteiger partial charge in [-0.2, -0.15) is 0 Å². The van der Waals surface area contributed by atoms with E-state index < -0.39 is 0 Å². The van der Waals surface area contributed by atoms with Crippen LogP contribution >= 0.6 is 11.3 Å². The van der Waals surface area contributed by atoms with E-state index in [9.17, 15) is 5.11 Å². The molecule has 1 heterocycles. The highest BCUT2D eigenvalue weighted by atomic mass is 32.1. The molecule has 0 radical (unpaired) electrons. The average molecular weight is 197 g/mol. The molecule has 3 heteroatoms. The maximum atomic E-state index is 9.80. The van der Waals surface area contributed by atoms with Gasteiger partial charge in [0.25, 0.3) is 0 Å². The topological polar surface area (TPSA) is 33.1 Å². The second kappa shape index (κ2) is 3.76. The molecule has 1 aliphatic carbocycles. The number of thiazole rings is 1. The van der Waals surface area contributed by atoms with Gasteiger partial charge in [0.05, 0.1) is 16.8 Å². The molecule has 0 amide bonds.